The van der Waals surface area contributed by atoms with Crippen LogP contribution in [-0.4, -0.2) is 148 Å². The topological polar surface area (TPSA) is 197 Å². The second-order valence-electron chi connectivity index (χ2n) is 17.8. The first kappa shape index (κ1) is 41.8. The summed E-state index contributed by atoms with van der Waals surface area (Å²) in [6, 6.07) is 8.36. The number of rotatable bonds is 4. The average Bonchev–Trinajstić information content (AvgIpc) is 3.89. The molecule has 20 heteroatoms. The highest BCUT2D eigenvalue weighted by atomic mass is 16.6. The molecule has 2 unspecified atom stereocenters. The van der Waals surface area contributed by atoms with Gasteiger partial charge in [0.25, 0.3) is 0 Å². The zero-order valence-corrected chi connectivity index (χ0v) is 36.5. The number of hydrogen-bond acceptors (Lipinski definition) is 15. The predicted octanol–water partition coefficient (Wildman–Crippen LogP) is 4.25. The van der Waals surface area contributed by atoms with Crippen LogP contribution in [0, 0.1) is 0 Å². The third-order valence-corrected chi connectivity index (χ3v) is 12.3. The van der Waals surface area contributed by atoms with Gasteiger partial charge in [0, 0.05) is 102 Å². The molecular weight excluding hydrogens is 805 g/mol. The molecule has 0 saturated carbocycles. The molecule has 6 aliphatic heterocycles. The molecule has 63 heavy (non-hydrogen) atoms. The van der Waals surface area contributed by atoms with E-state index in [0.29, 0.717) is 43.1 Å². The van der Waals surface area contributed by atoms with Gasteiger partial charge in [-0.15, -0.1) is 0 Å². The van der Waals surface area contributed by atoms with Crippen molar-refractivity contribution >= 4 is 64.4 Å². The van der Waals surface area contributed by atoms with E-state index in [1.807, 2.05) is 31.7 Å². The molecule has 5 amide bonds. The highest BCUT2D eigenvalue weighted by Gasteiger charge is 2.43. The van der Waals surface area contributed by atoms with Crippen LogP contribution in [0.3, 0.4) is 0 Å². The van der Waals surface area contributed by atoms with Crippen LogP contribution in [0.1, 0.15) is 47.5 Å². The molecule has 20 nitrogen and oxygen atoms in total. The fourth-order valence-corrected chi connectivity index (χ4v) is 9.28. The molecule has 4 bridgehead atoms. The number of nitrogens with one attached hydrogen (secondary N) is 3. The third-order valence-electron chi connectivity index (χ3n) is 12.3. The first-order valence-corrected chi connectivity index (χ1v) is 21.9. The number of nitrogens with zero attached hydrogens (tertiary/aromatic N) is 13. The minimum Gasteiger partial charge on any atom is -0.444 e. The second kappa shape index (κ2) is 17.3. The van der Waals surface area contributed by atoms with Crippen molar-refractivity contribution in [2.24, 2.45) is 0 Å². The lowest BCUT2D eigenvalue weighted by molar-refractivity contribution is 0.0218. The van der Waals surface area contributed by atoms with E-state index in [-0.39, 0.29) is 36.3 Å². The van der Waals surface area contributed by atoms with E-state index in [1.54, 1.807) is 40.8 Å². The lowest BCUT2D eigenvalue weighted by Gasteiger charge is -2.42. The molecule has 10 rings (SSSR count). The van der Waals surface area contributed by atoms with Crippen LogP contribution in [0.25, 0.3) is 0 Å². The van der Waals surface area contributed by atoms with Crippen molar-refractivity contribution in [2.45, 2.75) is 77.2 Å². The average molecular weight is 861 g/mol. The number of urea groups is 2. The standard InChI is InChI=1S/C24H32N8O3.C19H24N8O/c1-16-14-30(23(34)35-24(2,3)4)11-12-31(16)20-6-5-18-21(28-20)32(17-7-10-29(18)15-17)22(33)27-19-13-25-8-9-26-19;1-13-10-21-7-9-26(13)17-3-2-15-18(24-17)27(14-4-8-25(15)12-14)19(28)23-16-11-20-5-6-22-16/h5-6,8-9,13,16-17H,7,10-12,14-15H2,1-4H3,(H,26,27,33);2-3,5-6,11,13-14,21H,4,7-10,12H2,1H3,(H,22,23,28)/t16?,17-;13?,14-/m00/s1. The van der Waals surface area contributed by atoms with E-state index >= 15 is 0 Å². The molecule has 4 saturated heterocycles. The van der Waals surface area contributed by atoms with Crippen molar-refractivity contribution in [3.63, 3.8) is 0 Å². The van der Waals surface area contributed by atoms with E-state index in [1.165, 1.54) is 6.20 Å². The molecule has 0 aliphatic carbocycles. The van der Waals surface area contributed by atoms with Gasteiger partial charge in [-0.3, -0.25) is 30.4 Å². The lowest BCUT2D eigenvalue weighted by Crippen LogP contribution is -2.55. The van der Waals surface area contributed by atoms with Crippen LogP contribution in [0.2, 0.25) is 0 Å². The van der Waals surface area contributed by atoms with Crippen LogP contribution in [0.15, 0.2) is 61.4 Å². The van der Waals surface area contributed by atoms with Gasteiger partial charge in [-0.05, 0) is 71.7 Å². The van der Waals surface area contributed by atoms with Crippen molar-refractivity contribution in [1.29, 1.82) is 0 Å². The maximum atomic E-state index is 13.3. The summed E-state index contributed by atoms with van der Waals surface area (Å²) in [5.41, 5.74) is 1.45. The summed E-state index contributed by atoms with van der Waals surface area (Å²) in [6.07, 6.45) is 10.9. The molecule has 6 aliphatic rings. The summed E-state index contributed by atoms with van der Waals surface area (Å²) in [7, 11) is 0. The Hall–Kier alpha value is -6.57. The van der Waals surface area contributed by atoms with Crippen LogP contribution in [0.4, 0.5) is 60.7 Å². The molecule has 4 fully saturated rings. The predicted molar refractivity (Wildman–Crippen MR) is 241 cm³/mol. The highest BCUT2D eigenvalue weighted by Crippen LogP contribution is 2.42. The Balaban J connectivity index is 0.000000164. The van der Waals surface area contributed by atoms with Crippen molar-refractivity contribution in [1.82, 2.24) is 40.1 Å². The quantitative estimate of drug-likeness (QED) is 0.263. The second-order valence-corrected chi connectivity index (χ2v) is 17.8. The number of aromatic nitrogens is 6. The number of anilines is 8. The third kappa shape index (κ3) is 8.76. The van der Waals surface area contributed by atoms with E-state index in [2.05, 4.69) is 87.5 Å². The molecule has 0 spiro atoms. The smallest absolute Gasteiger partial charge is 0.410 e. The van der Waals surface area contributed by atoms with Gasteiger partial charge in [0.1, 0.15) is 17.2 Å². The zero-order chi connectivity index (χ0) is 43.8. The van der Waals surface area contributed by atoms with Gasteiger partial charge >= 0.3 is 18.2 Å². The minimum absolute atomic E-state index is 0.0448. The molecule has 0 radical (unpaired) electrons. The highest BCUT2D eigenvalue weighted by molar-refractivity contribution is 6.05. The molecule has 0 aromatic carbocycles. The van der Waals surface area contributed by atoms with Crippen LogP contribution in [-0.2, 0) is 4.74 Å². The van der Waals surface area contributed by atoms with E-state index in [0.717, 1.165) is 87.5 Å². The molecule has 3 N–H and O–H groups in total. The van der Waals surface area contributed by atoms with Crippen molar-refractivity contribution in [3.8, 4) is 0 Å². The minimum atomic E-state index is -0.526. The maximum absolute atomic E-state index is 13.3. The Morgan fingerprint density at radius 2 is 1.22 bits per heavy atom. The summed E-state index contributed by atoms with van der Waals surface area (Å²) < 4.78 is 5.55. The first-order chi connectivity index (χ1) is 30.4. The van der Waals surface area contributed by atoms with Crippen LogP contribution >= 0.6 is 0 Å². The van der Waals surface area contributed by atoms with E-state index < -0.39 is 5.60 Å². The first-order valence-electron chi connectivity index (χ1n) is 21.9. The fraction of sp³-hybridized carbons (Fsp3) is 0.512. The van der Waals surface area contributed by atoms with Gasteiger partial charge in [0.05, 0.1) is 35.9 Å². The van der Waals surface area contributed by atoms with Gasteiger partial charge < -0.3 is 34.6 Å². The number of carbonyl (C=O) groups is 3. The number of amides is 5. The van der Waals surface area contributed by atoms with Gasteiger partial charge in [-0.25, -0.2) is 34.3 Å². The number of pyridine rings is 2. The SMILES string of the molecule is CC1CN(C(=O)OC(C)(C)C)CCN1c1ccc2c(n1)N(C(=O)Nc1cnccn1)[C@H]1CCN2C1.CC1CNCCN1c1ccc2c(n1)N(C(=O)Nc1cnccn1)[C@H]1CCN2C1. The fourth-order valence-electron chi connectivity index (χ4n) is 9.28. The molecule has 4 aromatic rings. The van der Waals surface area contributed by atoms with Crippen molar-refractivity contribution in [3.05, 3.63) is 61.4 Å². The number of fused-ring (bicyclic) bond motifs is 8. The van der Waals surface area contributed by atoms with Gasteiger partial charge in [-0.2, -0.15) is 0 Å². The molecule has 4 aromatic heterocycles. The Kier molecular flexibility index (Phi) is 11.5. The van der Waals surface area contributed by atoms with Crippen LogP contribution in [0.5, 0.6) is 0 Å². The molecular formula is C43H56N16O4. The van der Waals surface area contributed by atoms with Gasteiger partial charge in [-0.1, -0.05) is 0 Å². The lowest BCUT2D eigenvalue weighted by atomic mass is 10.1. The summed E-state index contributed by atoms with van der Waals surface area (Å²) in [5.74, 6) is 3.95. The number of piperazine rings is 2. The normalized spacial score (nSPS) is 22.5. The van der Waals surface area contributed by atoms with Crippen LogP contribution < -0.4 is 45.3 Å². The van der Waals surface area contributed by atoms with Crippen molar-refractivity contribution < 1.29 is 19.1 Å². The summed E-state index contributed by atoms with van der Waals surface area (Å²) >= 11 is 0. The Morgan fingerprint density at radius 1 is 0.683 bits per heavy atom. The summed E-state index contributed by atoms with van der Waals surface area (Å²) in [5, 5.41) is 9.15. The maximum Gasteiger partial charge on any atom is 0.410 e. The number of ether oxygens (including phenoxy) is 1. The van der Waals surface area contributed by atoms with E-state index in [4.69, 9.17) is 14.7 Å². The Morgan fingerprint density at radius 3 is 1.70 bits per heavy atom. The Bertz CT molecular complexity index is 2300. The summed E-state index contributed by atoms with van der Waals surface area (Å²) in [6.45, 7) is 17.8. The van der Waals surface area contributed by atoms with E-state index in [9.17, 15) is 14.4 Å². The summed E-state index contributed by atoms with van der Waals surface area (Å²) in [4.78, 5) is 79.8. The number of hydrogen-bond donors (Lipinski definition) is 3. The Labute approximate surface area is 367 Å². The van der Waals surface area contributed by atoms with Gasteiger partial charge in [0.15, 0.2) is 23.3 Å². The zero-order valence-electron chi connectivity index (χ0n) is 36.5. The van der Waals surface area contributed by atoms with Gasteiger partial charge in [0.2, 0.25) is 0 Å². The molecule has 332 valence electrons. The molecule has 4 atom stereocenters. The monoisotopic (exact) mass is 860 g/mol. The van der Waals surface area contributed by atoms with Crippen molar-refractivity contribution in [2.75, 3.05) is 105 Å². The number of carbonyl (C=O) groups excluding carboxylic acids is 3. The largest absolute Gasteiger partial charge is 0.444 e. The molecule has 10 heterocycles.